The van der Waals surface area contributed by atoms with E-state index in [1.54, 1.807) is 6.92 Å². The maximum atomic E-state index is 9.26. The molecule has 1 aromatic rings. The van der Waals surface area contributed by atoms with Crippen LogP contribution in [0, 0.1) is 13.8 Å². The third-order valence-electron chi connectivity index (χ3n) is 2.70. The molecule has 1 rings (SSSR count). The highest BCUT2D eigenvalue weighted by molar-refractivity contribution is 5.43. The number of aryl methyl sites for hydroxylation is 2. The van der Waals surface area contributed by atoms with Crippen LogP contribution in [0.1, 0.15) is 37.5 Å². The Hall–Kier alpha value is -1.06. The van der Waals surface area contributed by atoms with Gasteiger partial charge in [0.1, 0.15) is 12.4 Å². The van der Waals surface area contributed by atoms with Crippen molar-refractivity contribution in [1.29, 1.82) is 0 Å². The molecule has 102 valence electrons. The average molecular weight is 251 g/mol. The van der Waals surface area contributed by atoms with Gasteiger partial charge in [0, 0.05) is 12.6 Å². The maximum absolute atomic E-state index is 9.26. The van der Waals surface area contributed by atoms with Gasteiger partial charge in [-0.15, -0.1) is 0 Å². The molecule has 0 amide bonds. The van der Waals surface area contributed by atoms with Crippen molar-refractivity contribution < 1.29 is 9.84 Å². The SMILES string of the molecule is Cc1cc(CNC(C)C)cc(C)c1OCC(C)O. The Bertz CT molecular complexity index is 363. The van der Waals surface area contributed by atoms with Crippen LogP contribution in [0.25, 0.3) is 0 Å². The first kappa shape index (κ1) is 15.0. The summed E-state index contributed by atoms with van der Waals surface area (Å²) >= 11 is 0. The summed E-state index contributed by atoms with van der Waals surface area (Å²) in [5.41, 5.74) is 3.51. The van der Waals surface area contributed by atoms with E-state index >= 15 is 0 Å². The van der Waals surface area contributed by atoms with Crippen molar-refractivity contribution >= 4 is 0 Å². The maximum Gasteiger partial charge on any atom is 0.125 e. The van der Waals surface area contributed by atoms with Crippen molar-refractivity contribution in [2.24, 2.45) is 0 Å². The summed E-state index contributed by atoms with van der Waals surface area (Å²) in [4.78, 5) is 0. The summed E-state index contributed by atoms with van der Waals surface area (Å²) in [6.45, 7) is 11.3. The predicted molar refractivity (Wildman–Crippen MR) is 75.1 cm³/mol. The van der Waals surface area contributed by atoms with Gasteiger partial charge in [-0.2, -0.15) is 0 Å². The number of aliphatic hydroxyl groups excluding tert-OH is 1. The van der Waals surface area contributed by atoms with Gasteiger partial charge in [0.15, 0.2) is 0 Å². The highest BCUT2D eigenvalue weighted by Gasteiger charge is 2.08. The zero-order valence-electron chi connectivity index (χ0n) is 12.1. The summed E-state index contributed by atoms with van der Waals surface area (Å²) in [6.07, 6.45) is -0.439. The van der Waals surface area contributed by atoms with Gasteiger partial charge in [-0.3, -0.25) is 0 Å². The van der Waals surface area contributed by atoms with E-state index in [0.717, 1.165) is 23.4 Å². The second kappa shape index (κ2) is 6.76. The Morgan fingerprint density at radius 2 is 1.72 bits per heavy atom. The van der Waals surface area contributed by atoms with Crippen molar-refractivity contribution in [2.75, 3.05) is 6.61 Å². The van der Waals surface area contributed by atoms with Gasteiger partial charge in [0.05, 0.1) is 6.10 Å². The van der Waals surface area contributed by atoms with Crippen LogP contribution in [0.3, 0.4) is 0 Å². The molecule has 0 aromatic heterocycles. The molecule has 1 unspecified atom stereocenters. The standard InChI is InChI=1S/C15H25NO2/c1-10(2)16-8-14-6-11(3)15(12(4)7-14)18-9-13(5)17/h6-7,10,13,16-17H,8-9H2,1-5H3. The Morgan fingerprint density at radius 1 is 1.17 bits per heavy atom. The largest absolute Gasteiger partial charge is 0.490 e. The van der Waals surface area contributed by atoms with E-state index in [0.29, 0.717) is 12.6 Å². The summed E-state index contributed by atoms with van der Waals surface area (Å²) in [5.74, 6) is 0.893. The first-order chi connectivity index (χ1) is 8.40. The van der Waals surface area contributed by atoms with Gasteiger partial charge in [0.2, 0.25) is 0 Å². The first-order valence-electron chi connectivity index (χ1n) is 6.54. The molecule has 0 fully saturated rings. The number of aliphatic hydroxyl groups is 1. The lowest BCUT2D eigenvalue weighted by Gasteiger charge is -2.16. The molecule has 0 bridgehead atoms. The molecule has 0 spiro atoms. The monoisotopic (exact) mass is 251 g/mol. The molecule has 1 atom stereocenters. The molecule has 0 aliphatic heterocycles. The third kappa shape index (κ3) is 4.67. The molecule has 0 heterocycles. The Morgan fingerprint density at radius 3 is 2.17 bits per heavy atom. The van der Waals surface area contributed by atoms with Gasteiger partial charge in [-0.1, -0.05) is 26.0 Å². The highest BCUT2D eigenvalue weighted by Crippen LogP contribution is 2.25. The lowest BCUT2D eigenvalue weighted by Crippen LogP contribution is -2.22. The molecule has 0 saturated heterocycles. The average Bonchev–Trinajstić information content (AvgIpc) is 2.24. The quantitative estimate of drug-likeness (QED) is 0.816. The second-order valence-corrected chi connectivity index (χ2v) is 5.25. The smallest absolute Gasteiger partial charge is 0.125 e. The molecule has 0 aliphatic rings. The summed E-state index contributed by atoms with van der Waals surface area (Å²) in [7, 11) is 0. The number of ether oxygens (including phenoxy) is 1. The lowest BCUT2D eigenvalue weighted by molar-refractivity contribution is 0.122. The van der Waals surface area contributed by atoms with Gasteiger partial charge >= 0.3 is 0 Å². The predicted octanol–water partition coefficient (Wildman–Crippen LogP) is 2.56. The van der Waals surface area contributed by atoms with Crippen molar-refractivity contribution in [3.8, 4) is 5.75 Å². The number of nitrogens with one attached hydrogen (secondary N) is 1. The van der Waals surface area contributed by atoms with E-state index in [2.05, 4.69) is 31.3 Å². The van der Waals surface area contributed by atoms with Crippen LogP contribution in [-0.4, -0.2) is 23.9 Å². The number of hydrogen-bond donors (Lipinski definition) is 2. The van der Waals surface area contributed by atoms with E-state index in [-0.39, 0.29) is 0 Å². The number of benzene rings is 1. The third-order valence-corrected chi connectivity index (χ3v) is 2.70. The van der Waals surface area contributed by atoms with Crippen LogP contribution < -0.4 is 10.1 Å². The molecular weight excluding hydrogens is 226 g/mol. The van der Waals surface area contributed by atoms with E-state index in [9.17, 15) is 5.11 Å². The Labute approximate surface area is 110 Å². The molecule has 3 heteroatoms. The van der Waals surface area contributed by atoms with Gasteiger partial charge in [-0.05, 0) is 37.5 Å². The van der Waals surface area contributed by atoms with E-state index in [4.69, 9.17) is 4.74 Å². The molecule has 0 saturated carbocycles. The van der Waals surface area contributed by atoms with Crippen molar-refractivity contribution in [1.82, 2.24) is 5.32 Å². The minimum Gasteiger partial charge on any atom is -0.490 e. The zero-order valence-corrected chi connectivity index (χ0v) is 12.1. The van der Waals surface area contributed by atoms with Gasteiger partial charge in [-0.25, -0.2) is 0 Å². The minimum atomic E-state index is -0.439. The molecule has 3 nitrogen and oxygen atoms in total. The number of rotatable bonds is 6. The van der Waals surface area contributed by atoms with E-state index < -0.39 is 6.10 Å². The second-order valence-electron chi connectivity index (χ2n) is 5.25. The fourth-order valence-corrected chi connectivity index (χ4v) is 1.90. The first-order valence-corrected chi connectivity index (χ1v) is 6.54. The van der Waals surface area contributed by atoms with E-state index in [1.165, 1.54) is 5.56 Å². The molecule has 1 aromatic carbocycles. The number of hydrogen-bond acceptors (Lipinski definition) is 3. The molecule has 0 aliphatic carbocycles. The molecule has 2 N–H and O–H groups in total. The topological polar surface area (TPSA) is 41.5 Å². The van der Waals surface area contributed by atoms with Crippen molar-refractivity contribution in [3.05, 3.63) is 28.8 Å². The van der Waals surface area contributed by atoms with Crippen LogP contribution in [0.2, 0.25) is 0 Å². The normalized spacial score (nSPS) is 12.8. The lowest BCUT2D eigenvalue weighted by atomic mass is 10.1. The van der Waals surface area contributed by atoms with Crippen LogP contribution in [0.5, 0.6) is 5.75 Å². The Balaban J connectivity index is 2.77. The van der Waals surface area contributed by atoms with Crippen LogP contribution in [0.4, 0.5) is 0 Å². The van der Waals surface area contributed by atoms with Crippen LogP contribution >= 0.6 is 0 Å². The van der Waals surface area contributed by atoms with Crippen LogP contribution in [-0.2, 0) is 6.54 Å². The van der Waals surface area contributed by atoms with Gasteiger partial charge < -0.3 is 15.2 Å². The Kier molecular flexibility index (Phi) is 5.63. The summed E-state index contributed by atoms with van der Waals surface area (Å²) < 4.78 is 5.64. The summed E-state index contributed by atoms with van der Waals surface area (Å²) in [6, 6.07) is 4.76. The fraction of sp³-hybridized carbons (Fsp3) is 0.600. The van der Waals surface area contributed by atoms with Crippen molar-refractivity contribution in [3.63, 3.8) is 0 Å². The zero-order chi connectivity index (χ0) is 13.7. The van der Waals surface area contributed by atoms with Gasteiger partial charge in [0.25, 0.3) is 0 Å². The molecule has 18 heavy (non-hydrogen) atoms. The molecule has 0 radical (unpaired) electrons. The molecular formula is C15H25NO2. The fourth-order valence-electron chi connectivity index (χ4n) is 1.90. The minimum absolute atomic E-state index is 0.339. The summed E-state index contributed by atoms with van der Waals surface area (Å²) in [5, 5.41) is 12.7. The highest BCUT2D eigenvalue weighted by atomic mass is 16.5. The van der Waals surface area contributed by atoms with Crippen molar-refractivity contribution in [2.45, 2.75) is 53.3 Å². The van der Waals surface area contributed by atoms with E-state index in [1.807, 2.05) is 13.8 Å². The van der Waals surface area contributed by atoms with Crippen LogP contribution in [0.15, 0.2) is 12.1 Å².